The molecule has 1 aliphatic rings. The molecule has 9 nitrogen and oxygen atoms in total. The Morgan fingerprint density at radius 2 is 2.00 bits per heavy atom. The number of pyridine rings is 1. The second-order valence-electron chi connectivity index (χ2n) is 6.36. The molecule has 2 N–H and O–H groups in total. The highest BCUT2D eigenvalue weighted by molar-refractivity contribution is 5.79. The number of aliphatic imine (C=N–C) groups is 1. The van der Waals surface area contributed by atoms with Gasteiger partial charge in [-0.15, -0.1) is 0 Å². The minimum absolute atomic E-state index is 0.0958. The van der Waals surface area contributed by atoms with Crippen molar-refractivity contribution in [2.45, 2.75) is 12.5 Å². The third kappa shape index (κ3) is 4.81. The molecule has 1 unspecified atom stereocenters. The molecule has 29 heavy (non-hydrogen) atoms. The van der Waals surface area contributed by atoms with E-state index in [1.54, 1.807) is 13.2 Å². The second-order valence-corrected chi connectivity index (χ2v) is 6.36. The normalized spacial score (nSPS) is 15.8. The van der Waals surface area contributed by atoms with Gasteiger partial charge in [0.05, 0.1) is 6.54 Å². The molecular weight excluding hydrogens is 372 g/mol. The summed E-state index contributed by atoms with van der Waals surface area (Å²) in [6, 6.07) is 13.2. The fraction of sp³-hybridized carbons (Fsp3) is 0.300. The van der Waals surface area contributed by atoms with Gasteiger partial charge < -0.3 is 24.6 Å². The number of ether oxygens (including phenoxy) is 2. The number of nitrogens with one attached hydrogen (secondary N) is 2. The predicted molar refractivity (Wildman–Crippen MR) is 107 cm³/mol. The maximum absolute atomic E-state index is 5.94. The molecule has 0 saturated heterocycles. The zero-order valence-corrected chi connectivity index (χ0v) is 16.0. The summed E-state index contributed by atoms with van der Waals surface area (Å²) in [7, 11) is 1.72. The quantitative estimate of drug-likeness (QED) is 0.480. The lowest BCUT2D eigenvalue weighted by Gasteiger charge is -2.27. The molecule has 2 aromatic heterocycles. The van der Waals surface area contributed by atoms with Crippen LogP contribution >= 0.6 is 0 Å². The van der Waals surface area contributed by atoms with Gasteiger partial charge in [0.2, 0.25) is 0 Å². The van der Waals surface area contributed by atoms with Gasteiger partial charge in [-0.2, -0.15) is 4.98 Å². The van der Waals surface area contributed by atoms with Gasteiger partial charge in [0.15, 0.2) is 23.3 Å². The molecular formula is C20H22N6O3. The van der Waals surface area contributed by atoms with Crippen LogP contribution in [-0.2, 0) is 6.42 Å². The lowest BCUT2D eigenvalue weighted by molar-refractivity contribution is 0.0936. The summed E-state index contributed by atoms with van der Waals surface area (Å²) in [5.74, 6) is 3.22. The van der Waals surface area contributed by atoms with Crippen LogP contribution in [0, 0.1) is 0 Å². The third-order valence-electron chi connectivity index (χ3n) is 4.28. The highest BCUT2D eigenvalue weighted by atomic mass is 16.6. The zero-order chi connectivity index (χ0) is 19.9. The number of rotatable bonds is 6. The summed E-state index contributed by atoms with van der Waals surface area (Å²) in [5, 5.41) is 10.5. The molecule has 4 rings (SSSR count). The molecule has 3 aromatic rings. The zero-order valence-electron chi connectivity index (χ0n) is 16.0. The van der Waals surface area contributed by atoms with E-state index in [9.17, 15) is 0 Å². The van der Waals surface area contributed by atoms with E-state index in [0.717, 1.165) is 11.5 Å². The molecule has 1 aliphatic heterocycles. The molecule has 1 atom stereocenters. The summed E-state index contributed by atoms with van der Waals surface area (Å²) < 4.78 is 16.9. The Hall–Kier alpha value is -3.62. The molecule has 0 aliphatic carbocycles. The van der Waals surface area contributed by atoms with E-state index in [-0.39, 0.29) is 6.10 Å². The standard InChI is InChI=1S/C20H22N6O3/c1-21-20(24-12-14-13-27-16-7-2-3-8-17(16)28-14)23-11-9-18-25-19(29-26-18)15-6-4-5-10-22-15/h2-8,10,14H,9,11-13H2,1H3,(H2,21,23,24). The van der Waals surface area contributed by atoms with Gasteiger partial charge in [-0.3, -0.25) is 9.98 Å². The Labute approximate surface area is 168 Å². The fourth-order valence-electron chi connectivity index (χ4n) is 2.84. The van der Waals surface area contributed by atoms with Crippen LogP contribution in [0.1, 0.15) is 5.82 Å². The summed E-state index contributed by atoms with van der Waals surface area (Å²) in [6.07, 6.45) is 2.19. The van der Waals surface area contributed by atoms with Gasteiger partial charge in [0, 0.05) is 26.2 Å². The fourth-order valence-corrected chi connectivity index (χ4v) is 2.84. The van der Waals surface area contributed by atoms with E-state index in [4.69, 9.17) is 14.0 Å². The van der Waals surface area contributed by atoms with Gasteiger partial charge in [-0.05, 0) is 24.3 Å². The van der Waals surface area contributed by atoms with Gasteiger partial charge in [0.1, 0.15) is 18.4 Å². The Kier molecular flexibility index (Phi) is 5.84. The summed E-state index contributed by atoms with van der Waals surface area (Å²) in [6.45, 7) is 1.66. The lowest BCUT2D eigenvalue weighted by Crippen LogP contribution is -2.45. The van der Waals surface area contributed by atoms with Gasteiger partial charge in [-0.1, -0.05) is 23.4 Å². The van der Waals surface area contributed by atoms with E-state index in [1.165, 1.54) is 0 Å². The Morgan fingerprint density at radius 1 is 1.14 bits per heavy atom. The first-order chi connectivity index (χ1) is 14.3. The van der Waals surface area contributed by atoms with Crippen molar-refractivity contribution in [3.8, 4) is 23.1 Å². The highest BCUT2D eigenvalue weighted by Gasteiger charge is 2.20. The lowest BCUT2D eigenvalue weighted by atomic mass is 10.2. The summed E-state index contributed by atoms with van der Waals surface area (Å²) in [5.41, 5.74) is 0.660. The monoisotopic (exact) mass is 394 g/mol. The van der Waals surface area contributed by atoms with Gasteiger partial charge in [-0.25, -0.2) is 0 Å². The van der Waals surface area contributed by atoms with Gasteiger partial charge >= 0.3 is 0 Å². The van der Waals surface area contributed by atoms with Crippen molar-refractivity contribution >= 4 is 5.96 Å². The molecule has 0 fully saturated rings. The molecule has 0 spiro atoms. The van der Waals surface area contributed by atoms with Gasteiger partial charge in [0.25, 0.3) is 5.89 Å². The first kappa shape index (κ1) is 18.7. The smallest absolute Gasteiger partial charge is 0.276 e. The average Bonchev–Trinajstić information content (AvgIpc) is 3.25. The van der Waals surface area contributed by atoms with Crippen molar-refractivity contribution in [2.24, 2.45) is 4.99 Å². The number of benzene rings is 1. The van der Waals surface area contributed by atoms with Crippen molar-refractivity contribution in [2.75, 3.05) is 26.7 Å². The SMILES string of the molecule is CN=C(NCCc1noc(-c2ccccn2)n1)NCC1COc2ccccc2O1. The van der Waals surface area contributed by atoms with E-state index >= 15 is 0 Å². The number of hydrogen-bond donors (Lipinski definition) is 2. The summed E-state index contributed by atoms with van der Waals surface area (Å²) >= 11 is 0. The average molecular weight is 394 g/mol. The highest BCUT2D eigenvalue weighted by Crippen LogP contribution is 2.30. The number of guanidine groups is 1. The number of hydrogen-bond acceptors (Lipinski definition) is 7. The van der Waals surface area contributed by atoms with Crippen LogP contribution in [0.15, 0.2) is 58.2 Å². The maximum atomic E-state index is 5.94. The summed E-state index contributed by atoms with van der Waals surface area (Å²) in [4.78, 5) is 12.8. The van der Waals surface area contributed by atoms with Crippen LogP contribution in [0.5, 0.6) is 11.5 Å². The Balaban J connectivity index is 1.22. The van der Waals surface area contributed by atoms with E-state index in [2.05, 4.69) is 30.8 Å². The van der Waals surface area contributed by atoms with E-state index in [1.807, 2.05) is 42.5 Å². The second kappa shape index (κ2) is 9.05. The minimum Gasteiger partial charge on any atom is -0.486 e. The number of fused-ring (bicyclic) bond motifs is 1. The largest absolute Gasteiger partial charge is 0.486 e. The van der Waals surface area contributed by atoms with Crippen molar-refractivity contribution in [1.29, 1.82) is 0 Å². The number of para-hydroxylation sites is 2. The number of nitrogens with zero attached hydrogens (tertiary/aromatic N) is 4. The van der Waals surface area contributed by atoms with Crippen LogP contribution in [0.3, 0.4) is 0 Å². The number of aromatic nitrogens is 3. The molecule has 0 saturated carbocycles. The molecule has 0 radical (unpaired) electrons. The van der Waals surface area contributed by atoms with E-state index < -0.39 is 0 Å². The topological polar surface area (TPSA) is 107 Å². The van der Waals surface area contributed by atoms with Crippen LogP contribution < -0.4 is 20.1 Å². The molecule has 150 valence electrons. The Morgan fingerprint density at radius 3 is 2.83 bits per heavy atom. The molecule has 3 heterocycles. The Bertz CT molecular complexity index is 960. The van der Waals surface area contributed by atoms with Crippen LogP contribution in [-0.4, -0.2) is 53.9 Å². The predicted octanol–water partition coefficient (Wildman–Crippen LogP) is 1.68. The van der Waals surface area contributed by atoms with Crippen molar-refractivity contribution in [3.05, 3.63) is 54.5 Å². The first-order valence-corrected chi connectivity index (χ1v) is 9.39. The van der Waals surface area contributed by atoms with E-state index in [0.29, 0.717) is 49.5 Å². The molecule has 0 amide bonds. The van der Waals surface area contributed by atoms with Crippen molar-refractivity contribution < 1.29 is 14.0 Å². The molecule has 1 aromatic carbocycles. The first-order valence-electron chi connectivity index (χ1n) is 9.39. The molecule has 9 heteroatoms. The van der Waals surface area contributed by atoms with Crippen LogP contribution in [0.25, 0.3) is 11.6 Å². The van der Waals surface area contributed by atoms with Crippen molar-refractivity contribution in [1.82, 2.24) is 25.8 Å². The molecule has 0 bridgehead atoms. The van der Waals surface area contributed by atoms with Crippen LogP contribution in [0.4, 0.5) is 0 Å². The maximum Gasteiger partial charge on any atom is 0.276 e. The van der Waals surface area contributed by atoms with Crippen molar-refractivity contribution in [3.63, 3.8) is 0 Å². The van der Waals surface area contributed by atoms with Crippen LogP contribution in [0.2, 0.25) is 0 Å². The minimum atomic E-state index is -0.0958. The third-order valence-corrected chi connectivity index (χ3v) is 4.28.